The van der Waals surface area contributed by atoms with Gasteiger partial charge in [0, 0.05) is 6.04 Å². The van der Waals surface area contributed by atoms with E-state index in [1.165, 1.54) is 0 Å². The highest BCUT2D eigenvalue weighted by Gasteiger charge is 2.30. The van der Waals surface area contributed by atoms with Crippen LogP contribution in [0, 0.1) is 0 Å². The Morgan fingerprint density at radius 3 is 2.30 bits per heavy atom. The minimum atomic E-state index is -0.512. The minimum Gasteiger partial charge on any atom is -0.395 e. The van der Waals surface area contributed by atoms with Crippen molar-refractivity contribution in [3.8, 4) is 0 Å². The molecule has 1 aliphatic heterocycles. The van der Waals surface area contributed by atoms with Crippen molar-refractivity contribution in [1.29, 1.82) is 0 Å². The van der Waals surface area contributed by atoms with Crippen LogP contribution in [-0.2, 0) is 0 Å². The van der Waals surface area contributed by atoms with E-state index in [2.05, 4.69) is 5.32 Å². The smallest absolute Gasteiger partial charge is 0.0731 e. The Bertz CT molecular complexity index is 109. The number of aliphatic hydroxyl groups excluding tert-OH is 3. The van der Waals surface area contributed by atoms with Crippen molar-refractivity contribution in [2.45, 2.75) is 24.6 Å². The van der Waals surface area contributed by atoms with Gasteiger partial charge in [-0.2, -0.15) is 0 Å². The van der Waals surface area contributed by atoms with Crippen LogP contribution in [0.25, 0.3) is 0 Å². The topological polar surface area (TPSA) is 72.7 Å². The lowest BCUT2D eigenvalue weighted by Gasteiger charge is -2.10. The monoisotopic (exact) mass is 147 g/mol. The average Bonchev–Trinajstić information content (AvgIpc) is 2.30. The third-order valence-electron chi connectivity index (χ3n) is 1.86. The van der Waals surface area contributed by atoms with Crippen molar-refractivity contribution in [1.82, 2.24) is 5.32 Å². The van der Waals surface area contributed by atoms with Crippen molar-refractivity contribution in [3.05, 3.63) is 0 Å². The molecule has 0 spiro atoms. The Labute approximate surface area is 59.5 Å². The number of nitrogens with one attached hydrogen (secondary N) is 1. The zero-order valence-corrected chi connectivity index (χ0v) is 5.70. The summed E-state index contributed by atoms with van der Waals surface area (Å²) in [5.74, 6) is 0. The highest BCUT2D eigenvalue weighted by atomic mass is 16.3. The molecule has 10 heavy (non-hydrogen) atoms. The van der Waals surface area contributed by atoms with E-state index < -0.39 is 6.10 Å². The second-order valence-electron chi connectivity index (χ2n) is 2.64. The van der Waals surface area contributed by atoms with Gasteiger partial charge < -0.3 is 20.6 Å². The van der Waals surface area contributed by atoms with Crippen molar-refractivity contribution < 1.29 is 15.3 Å². The number of hydrogen-bond donors (Lipinski definition) is 4. The molecule has 0 saturated carbocycles. The van der Waals surface area contributed by atoms with Gasteiger partial charge in [0.05, 0.1) is 25.4 Å². The molecule has 0 amide bonds. The minimum absolute atomic E-state index is 0.0214. The van der Waals surface area contributed by atoms with Crippen LogP contribution in [0.5, 0.6) is 0 Å². The molecule has 0 bridgehead atoms. The number of aliphatic hydroxyl groups is 3. The van der Waals surface area contributed by atoms with E-state index in [0.717, 1.165) is 0 Å². The van der Waals surface area contributed by atoms with Gasteiger partial charge in [0.15, 0.2) is 0 Å². The summed E-state index contributed by atoms with van der Waals surface area (Å²) in [5, 5.41) is 29.3. The van der Waals surface area contributed by atoms with E-state index in [0.29, 0.717) is 6.42 Å². The van der Waals surface area contributed by atoms with Crippen LogP contribution in [-0.4, -0.2) is 46.7 Å². The van der Waals surface area contributed by atoms with Crippen LogP contribution >= 0.6 is 0 Å². The van der Waals surface area contributed by atoms with Gasteiger partial charge in [-0.3, -0.25) is 0 Å². The van der Waals surface area contributed by atoms with Crippen LogP contribution in [0.3, 0.4) is 0 Å². The van der Waals surface area contributed by atoms with E-state index in [9.17, 15) is 0 Å². The van der Waals surface area contributed by atoms with E-state index in [1.54, 1.807) is 0 Å². The molecule has 4 N–H and O–H groups in total. The average molecular weight is 147 g/mol. The van der Waals surface area contributed by atoms with Crippen molar-refractivity contribution in [2.24, 2.45) is 0 Å². The SMILES string of the molecule is OC[C@@H]1C[C@H](O)[C@@H](CO)N1. The second kappa shape index (κ2) is 3.30. The summed E-state index contributed by atoms with van der Waals surface area (Å²) in [6.07, 6.45) is 0.0176. The predicted molar refractivity (Wildman–Crippen MR) is 35.5 cm³/mol. The molecule has 4 nitrogen and oxygen atoms in total. The van der Waals surface area contributed by atoms with E-state index in [1.807, 2.05) is 0 Å². The van der Waals surface area contributed by atoms with Gasteiger partial charge in [0.2, 0.25) is 0 Å². The molecule has 0 unspecified atom stereocenters. The first kappa shape index (κ1) is 7.94. The maximum absolute atomic E-state index is 9.16. The normalized spacial score (nSPS) is 40.5. The van der Waals surface area contributed by atoms with Gasteiger partial charge in [0.1, 0.15) is 0 Å². The fourth-order valence-corrected chi connectivity index (χ4v) is 1.24. The van der Waals surface area contributed by atoms with Crippen LogP contribution in [0.15, 0.2) is 0 Å². The zero-order chi connectivity index (χ0) is 7.56. The molecule has 1 rings (SSSR count). The van der Waals surface area contributed by atoms with Crippen molar-refractivity contribution in [3.63, 3.8) is 0 Å². The highest BCUT2D eigenvalue weighted by Crippen LogP contribution is 2.11. The summed E-state index contributed by atoms with van der Waals surface area (Å²) in [7, 11) is 0. The Morgan fingerprint density at radius 1 is 1.30 bits per heavy atom. The molecular formula is C6H13NO3. The van der Waals surface area contributed by atoms with Gasteiger partial charge >= 0.3 is 0 Å². The lowest BCUT2D eigenvalue weighted by atomic mass is 10.1. The molecule has 1 aliphatic rings. The summed E-state index contributed by atoms with van der Waals surface area (Å²) < 4.78 is 0. The van der Waals surface area contributed by atoms with E-state index in [-0.39, 0.29) is 25.3 Å². The molecule has 0 aromatic carbocycles. The molecular weight excluding hydrogens is 134 g/mol. The molecule has 0 radical (unpaired) electrons. The molecule has 4 heteroatoms. The van der Waals surface area contributed by atoms with Gasteiger partial charge in [-0.15, -0.1) is 0 Å². The molecule has 0 aromatic heterocycles. The third kappa shape index (κ3) is 1.46. The van der Waals surface area contributed by atoms with Crippen molar-refractivity contribution in [2.75, 3.05) is 13.2 Å². The van der Waals surface area contributed by atoms with E-state index >= 15 is 0 Å². The first-order valence-corrected chi connectivity index (χ1v) is 3.43. The molecule has 3 atom stereocenters. The van der Waals surface area contributed by atoms with E-state index in [4.69, 9.17) is 15.3 Å². The van der Waals surface area contributed by atoms with Crippen molar-refractivity contribution >= 4 is 0 Å². The maximum Gasteiger partial charge on any atom is 0.0731 e. The summed E-state index contributed by atoms with van der Waals surface area (Å²) >= 11 is 0. The molecule has 1 saturated heterocycles. The van der Waals surface area contributed by atoms with Gasteiger partial charge in [-0.1, -0.05) is 0 Å². The quantitative estimate of drug-likeness (QED) is 0.367. The molecule has 1 fully saturated rings. The lowest BCUT2D eigenvalue weighted by Crippen LogP contribution is -2.37. The largest absolute Gasteiger partial charge is 0.395 e. The summed E-state index contributed by atoms with van der Waals surface area (Å²) in [6, 6.07) is -0.302. The van der Waals surface area contributed by atoms with Crippen LogP contribution < -0.4 is 5.32 Å². The zero-order valence-electron chi connectivity index (χ0n) is 5.70. The highest BCUT2D eigenvalue weighted by molar-refractivity contribution is 4.89. The standard InChI is InChI=1S/C6H13NO3/c8-2-4-1-6(10)5(3-9)7-4/h4-10H,1-3H2/t4-,5+,6-/m0/s1. The molecule has 1 heterocycles. The number of hydrogen-bond acceptors (Lipinski definition) is 4. The Balaban J connectivity index is 2.36. The molecule has 0 aromatic rings. The summed E-state index contributed by atoms with van der Waals surface area (Å²) in [4.78, 5) is 0. The van der Waals surface area contributed by atoms with Crippen LogP contribution in [0.4, 0.5) is 0 Å². The Morgan fingerprint density at radius 2 is 2.00 bits per heavy atom. The van der Waals surface area contributed by atoms with Gasteiger partial charge in [0.25, 0.3) is 0 Å². The first-order chi connectivity index (χ1) is 4.77. The Kier molecular flexibility index (Phi) is 2.62. The third-order valence-corrected chi connectivity index (χ3v) is 1.86. The fraction of sp³-hybridized carbons (Fsp3) is 1.00. The molecule has 0 aliphatic carbocycles. The van der Waals surface area contributed by atoms with Crippen LogP contribution in [0.2, 0.25) is 0 Å². The second-order valence-corrected chi connectivity index (χ2v) is 2.64. The summed E-state index contributed by atoms with van der Waals surface area (Å²) in [5.41, 5.74) is 0. The van der Waals surface area contributed by atoms with Crippen LogP contribution in [0.1, 0.15) is 6.42 Å². The Hall–Kier alpha value is -0.160. The number of rotatable bonds is 2. The van der Waals surface area contributed by atoms with Gasteiger partial charge in [-0.25, -0.2) is 0 Å². The predicted octanol–water partition coefficient (Wildman–Crippen LogP) is -1.94. The molecule has 60 valence electrons. The maximum atomic E-state index is 9.16. The first-order valence-electron chi connectivity index (χ1n) is 3.43. The van der Waals surface area contributed by atoms with Gasteiger partial charge in [-0.05, 0) is 6.42 Å². The summed E-state index contributed by atoms with van der Waals surface area (Å²) in [6.45, 7) is -0.0504. The fourth-order valence-electron chi connectivity index (χ4n) is 1.24. The lowest BCUT2D eigenvalue weighted by molar-refractivity contribution is 0.121.